The summed E-state index contributed by atoms with van der Waals surface area (Å²) in [6.07, 6.45) is 2.03. The Balaban J connectivity index is 2.69. The molecule has 0 aliphatic rings. The Hall–Kier alpha value is -1.75. The zero-order valence-corrected chi connectivity index (χ0v) is 8.17. The molecule has 1 aromatic heterocycles. The SMILES string of the molecule is CCCc1c(C#N)[nH]c2ccccc12. The van der Waals surface area contributed by atoms with Gasteiger partial charge in [-0.15, -0.1) is 0 Å². The second kappa shape index (κ2) is 3.55. The van der Waals surface area contributed by atoms with E-state index < -0.39 is 0 Å². The van der Waals surface area contributed by atoms with E-state index in [1.54, 1.807) is 0 Å². The average Bonchev–Trinajstić information content (AvgIpc) is 2.58. The summed E-state index contributed by atoms with van der Waals surface area (Å²) in [6.45, 7) is 2.13. The van der Waals surface area contributed by atoms with Crippen LogP contribution in [0.3, 0.4) is 0 Å². The minimum atomic E-state index is 0.716. The predicted molar refractivity (Wildman–Crippen MR) is 57.0 cm³/mol. The molecule has 0 spiro atoms. The predicted octanol–water partition coefficient (Wildman–Crippen LogP) is 2.99. The molecule has 0 unspecified atom stereocenters. The van der Waals surface area contributed by atoms with Crippen LogP contribution < -0.4 is 0 Å². The second-order valence-electron chi connectivity index (χ2n) is 3.39. The number of nitrogens with one attached hydrogen (secondary N) is 1. The van der Waals surface area contributed by atoms with E-state index in [0.29, 0.717) is 5.69 Å². The fourth-order valence-electron chi connectivity index (χ4n) is 1.81. The fraction of sp³-hybridized carbons (Fsp3) is 0.250. The molecule has 0 aliphatic heterocycles. The molecule has 0 bridgehead atoms. The number of nitriles is 1. The third-order valence-electron chi connectivity index (χ3n) is 2.43. The molecular weight excluding hydrogens is 172 g/mol. The van der Waals surface area contributed by atoms with Crippen molar-refractivity contribution in [2.45, 2.75) is 19.8 Å². The number of hydrogen-bond donors (Lipinski definition) is 1. The van der Waals surface area contributed by atoms with Gasteiger partial charge in [-0.1, -0.05) is 31.5 Å². The zero-order chi connectivity index (χ0) is 9.97. The van der Waals surface area contributed by atoms with E-state index in [9.17, 15) is 0 Å². The summed E-state index contributed by atoms with van der Waals surface area (Å²) in [5, 5.41) is 10.2. The van der Waals surface area contributed by atoms with Gasteiger partial charge in [-0.3, -0.25) is 0 Å². The molecular formula is C12H12N2. The highest BCUT2D eigenvalue weighted by Crippen LogP contribution is 2.22. The Kier molecular flexibility index (Phi) is 2.24. The first-order valence-corrected chi connectivity index (χ1v) is 4.86. The maximum absolute atomic E-state index is 8.96. The van der Waals surface area contributed by atoms with Gasteiger partial charge in [0.25, 0.3) is 0 Å². The van der Waals surface area contributed by atoms with Gasteiger partial charge in [-0.05, 0) is 18.1 Å². The zero-order valence-electron chi connectivity index (χ0n) is 8.17. The number of benzene rings is 1. The van der Waals surface area contributed by atoms with Gasteiger partial charge in [0.15, 0.2) is 0 Å². The summed E-state index contributed by atoms with van der Waals surface area (Å²) >= 11 is 0. The van der Waals surface area contributed by atoms with Crippen LogP contribution in [0.15, 0.2) is 24.3 Å². The van der Waals surface area contributed by atoms with Crippen LogP contribution >= 0.6 is 0 Å². The first-order chi connectivity index (χ1) is 6.86. The molecule has 2 rings (SSSR count). The van der Waals surface area contributed by atoms with Crippen LogP contribution in [-0.4, -0.2) is 4.98 Å². The number of aryl methyl sites for hydroxylation is 1. The van der Waals surface area contributed by atoms with E-state index in [0.717, 1.165) is 23.9 Å². The van der Waals surface area contributed by atoms with E-state index in [2.05, 4.69) is 24.0 Å². The summed E-state index contributed by atoms with van der Waals surface area (Å²) in [7, 11) is 0. The van der Waals surface area contributed by atoms with Crippen molar-refractivity contribution < 1.29 is 0 Å². The topological polar surface area (TPSA) is 39.6 Å². The summed E-state index contributed by atoms with van der Waals surface area (Å²) in [6, 6.07) is 10.3. The number of fused-ring (bicyclic) bond motifs is 1. The third kappa shape index (κ3) is 1.27. The van der Waals surface area contributed by atoms with Crippen LogP contribution in [0.1, 0.15) is 24.6 Å². The molecule has 0 aliphatic carbocycles. The standard InChI is InChI=1S/C12H12N2/c1-2-5-9-10-6-3-4-7-11(10)14-12(9)8-13/h3-4,6-7,14H,2,5H2,1H3. The molecule has 0 saturated heterocycles. The molecule has 1 N–H and O–H groups in total. The molecule has 0 fully saturated rings. The van der Waals surface area contributed by atoms with Crippen molar-refractivity contribution in [3.8, 4) is 6.07 Å². The normalized spacial score (nSPS) is 10.3. The first-order valence-electron chi connectivity index (χ1n) is 4.86. The Bertz CT molecular complexity index is 488. The van der Waals surface area contributed by atoms with Crippen LogP contribution in [0.5, 0.6) is 0 Å². The highest BCUT2D eigenvalue weighted by Gasteiger charge is 2.08. The Morgan fingerprint density at radius 3 is 2.86 bits per heavy atom. The number of nitrogens with zero attached hydrogens (tertiary/aromatic N) is 1. The van der Waals surface area contributed by atoms with E-state index in [1.165, 1.54) is 5.39 Å². The van der Waals surface area contributed by atoms with Gasteiger partial charge >= 0.3 is 0 Å². The van der Waals surface area contributed by atoms with E-state index in [1.807, 2.05) is 18.2 Å². The molecule has 0 radical (unpaired) electrons. The quantitative estimate of drug-likeness (QED) is 0.765. The van der Waals surface area contributed by atoms with Gasteiger partial charge in [0.2, 0.25) is 0 Å². The van der Waals surface area contributed by atoms with Crippen LogP contribution in [0.2, 0.25) is 0 Å². The molecule has 14 heavy (non-hydrogen) atoms. The Labute approximate surface area is 83.2 Å². The maximum atomic E-state index is 8.96. The van der Waals surface area contributed by atoms with Gasteiger partial charge in [0.05, 0.1) is 0 Å². The van der Waals surface area contributed by atoms with Crippen LogP contribution in [-0.2, 0) is 6.42 Å². The van der Waals surface area contributed by atoms with Gasteiger partial charge in [-0.25, -0.2) is 0 Å². The van der Waals surface area contributed by atoms with E-state index in [-0.39, 0.29) is 0 Å². The van der Waals surface area contributed by atoms with Gasteiger partial charge < -0.3 is 4.98 Å². The van der Waals surface area contributed by atoms with Crippen LogP contribution in [0.4, 0.5) is 0 Å². The van der Waals surface area contributed by atoms with Gasteiger partial charge in [0.1, 0.15) is 11.8 Å². The van der Waals surface area contributed by atoms with Crippen molar-refractivity contribution in [2.24, 2.45) is 0 Å². The van der Waals surface area contributed by atoms with Crippen molar-refractivity contribution in [3.63, 3.8) is 0 Å². The van der Waals surface area contributed by atoms with Gasteiger partial charge in [-0.2, -0.15) is 5.26 Å². The molecule has 1 heterocycles. The number of aromatic amines is 1. The lowest BCUT2D eigenvalue weighted by molar-refractivity contribution is 0.924. The molecule has 2 aromatic rings. The van der Waals surface area contributed by atoms with E-state index >= 15 is 0 Å². The number of para-hydroxylation sites is 1. The molecule has 2 nitrogen and oxygen atoms in total. The van der Waals surface area contributed by atoms with Crippen LogP contribution in [0, 0.1) is 11.3 Å². The highest BCUT2D eigenvalue weighted by molar-refractivity contribution is 5.85. The number of H-pyrrole nitrogens is 1. The highest BCUT2D eigenvalue weighted by atomic mass is 14.7. The van der Waals surface area contributed by atoms with Crippen molar-refractivity contribution in [3.05, 3.63) is 35.5 Å². The Morgan fingerprint density at radius 2 is 2.14 bits per heavy atom. The number of aromatic nitrogens is 1. The lowest BCUT2D eigenvalue weighted by atomic mass is 10.1. The monoisotopic (exact) mass is 184 g/mol. The van der Waals surface area contributed by atoms with Crippen molar-refractivity contribution in [1.29, 1.82) is 5.26 Å². The first kappa shape index (κ1) is 8.83. The smallest absolute Gasteiger partial charge is 0.121 e. The van der Waals surface area contributed by atoms with Crippen molar-refractivity contribution in [1.82, 2.24) is 4.98 Å². The van der Waals surface area contributed by atoms with Crippen molar-refractivity contribution in [2.75, 3.05) is 0 Å². The molecule has 70 valence electrons. The summed E-state index contributed by atoms with van der Waals surface area (Å²) in [5.74, 6) is 0. The molecule has 0 saturated carbocycles. The largest absolute Gasteiger partial charge is 0.346 e. The average molecular weight is 184 g/mol. The summed E-state index contributed by atoms with van der Waals surface area (Å²) in [4.78, 5) is 3.14. The minimum absolute atomic E-state index is 0.716. The number of rotatable bonds is 2. The lowest BCUT2D eigenvalue weighted by Crippen LogP contribution is -1.85. The molecule has 0 amide bonds. The maximum Gasteiger partial charge on any atom is 0.121 e. The second-order valence-corrected chi connectivity index (χ2v) is 3.39. The van der Waals surface area contributed by atoms with Crippen molar-refractivity contribution >= 4 is 10.9 Å². The minimum Gasteiger partial charge on any atom is -0.346 e. The van der Waals surface area contributed by atoms with E-state index in [4.69, 9.17) is 5.26 Å². The van der Waals surface area contributed by atoms with Gasteiger partial charge in [0, 0.05) is 10.9 Å². The lowest BCUT2D eigenvalue weighted by Gasteiger charge is -1.95. The van der Waals surface area contributed by atoms with Crippen LogP contribution in [0.25, 0.3) is 10.9 Å². The molecule has 0 atom stereocenters. The fourth-order valence-corrected chi connectivity index (χ4v) is 1.81. The third-order valence-corrected chi connectivity index (χ3v) is 2.43. The molecule has 2 heteroatoms. The number of hydrogen-bond acceptors (Lipinski definition) is 1. The summed E-state index contributed by atoms with van der Waals surface area (Å²) in [5.41, 5.74) is 2.94. The summed E-state index contributed by atoms with van der Waals surface area (Å²) < 4.78 is 0. The molecule has 1 aromatic carbocycles. The Morgan fingerprint density at radius 1 is 1.36 bits per heavy atom.